The van der Waals surface area contributed by atoms with Crippen molar-refractivity contribution in [2.75, 3.05) is 13.1 Å². The van der Waals surface area contributed by atoms with Gasteiger partial charge in [-0.3, -0.25) is 0 Å². The summed E-state index contributed by atoms with van der Waals surface area (Å²) in [7, 11) is 0. The van der Waals surface area contributed by atoms with Crippen LogP contribution in [-0.4, -0.2) is 24.0 Å². The van der Waals surface area contributed by atoms with E-state index < -0.39 is 0 Å². The smallest absolute Gasteiger partial charge is 0.0123 e. The molecule has 1 fully saturated rings. The van der Waals surface area contributed by atoms with Crippen LogP contribution in [0.25, 0.3) is 0 Å². The Bertz CT molecular complexity index is 208. The molecule has 1 nitrogen and oxygen atoms in total. The molecule has 0 aromatic rings. The fraction of sp³-hybridized carbons (Fsp3) is 1.00. The Balaban J connectivity index is 2.70. The average Bonchev–Trinajstić information content (AvgIpc) is 2.48. The molecule has 4 unspecified atom stereocenters. The first-order valence-corrected chi connectivity index (χ1v) is 8.36. The van der Waals surface area contributed by atoms with Gasteiger partial charge in [0.2, 0.25) is 0 Å². The monoisotopic (exact) mass is 253 g/mol. The Morgan fingerprint density at radius 3 is 2.00 bits per heavy atom. The van der Waals surface area contributed by atoms with Crippen molar-refractivity contribution in [1.82, 2.24) is 4.90 Å². The van der Waals surface area contributed by atoms with Crippen LogP contribution in [0.3, 0.4) is 0 Å². The second kappa shape index (κ2) is 8.19. The molecule has 18 heavy (non-hydrogen) atoms. The Morgan fingerprint density at radius 2 is 1.50 bits per heavy atom. The highest BCUT2D eigenvalue weighted by molar-refractivity contribution is 4.84. The van der Waals surface area contributed by atoms with Crippen molar-refractivity contribution in [3.05, 3.63) is 0 Å². The minimum atomic E-state index is 0.844. The lowest BCUT2D eigenvalue weighted by Crippen LogP contribution is -2.41. The molecular weight excluding hydrogens is 218 g/mol. The van der Waals surface area contributed by atoms with Gasteiger partial charge in [-0.05, 0) is 62.9 Å². The van der Waals surface area contributed by atoms with Crippen LogP contribution in [0, 0.1) is 17.8 Å². The third kappa shape index (κ3) is 4.57. The van der Waals surface area contributed by atoms with E-state index in [0.717, 1.165) is 23.8 Å². The molecule has 1 aliphatic carbocycles. The zero-order chi connectivity index (χ0) is 13.5. The van der Waals surface area contributed by atoms with Crippen LogP contribution in [0.4, 0.5) is 0 Å². The van der Waals surface area contributed by atoms with Crippen molar-refractivity contribution in [2.45, 2.75) is 79.2 Å². The van der Waals surface area contributed by atoms with Gasteiger partial charge in [-0.1, -0.05) is 41.0 Å². The first kappa shape index (κ1) is 16.0. The van der Waals surface area contributed by atoms with Gasteiger partial charge in [0.15, 0.2) is 0 Å². The molecule has 0 aromatic carbocycles. The van der Waals surface area contributed by atoms with Gasteiger partial charge in [-0.15, -0.1) is 0 Å². The molecule has 0 N–H and O–H groups in total. The summed E-state index contributed by atoms with van der Waals surface area (Å²) < 4.78 is 0. The normalized spacial score (nSPS) is 33.7. The van der Waals surface area contributed by atoms with Gasteiger partial charge in [-0.25, -0.2) is 0 Å². The first-order chi connectivity index (χ1) is 8.62. The van der Waals surface area contributed by atoms with Gasteiger partial charge >= 0.3 is 0 Å². The van der Waals surface area contributed by atoms with Crippen LogP contribution in [0.5, 0.6) is 0 Å². The highest BCUT2D eigenvalue weighted by Gasteiger charge is 2.31. The highest BCUT2D eigenvalue weighted by atomic mass is 15.2. The third-order valence-electron chi connectivity index (χ3n) is 4.81. The molecule has 4 atom stereocenters. The maximum absolute atomic E-state index is 2.79. The van der Waals surface area contributed by atoms with Crippen molar-refractivity contribution >= 4 is 0 Å². The van der Waals surface area contributed by atoms with Crippen LogP contribution in [0.15, 0.2) is 0 Å². The molecule has 0 radical (unpaired) electrons. The molecule has 0 aliphatic heterocycles. The maximum Gasteiger partial charge on any atom is 0.0123 e. The Kier molecular flexibility index (Phi) is 7.29. The van der Waals surface area contributed by atoms with Crippen molar-refractivity contribution in [3.63, 3.8) is 0 Å². The highest BCUT2D eigenvalue weighted by Crippen LogP contribution is 2.35. The molecule has 0 heterocycles. The summed E-state index contributed by atoms with van der Waals surface area (Å²) in [6.45, 7) is 14.6. The van der Waals surface area contributed by atoms with Gasteiger partial charge < -0.3 is 4.90 Å². The molecule has 0 amide bonds. The van der Waals surface area contributed by atoms with Gasteiger partial charge in [-0.2, -0.15) is 0 Å². The summed E-state index contributed by atoms with van der Waals surface area (Å²) in [6.07, 6.45) is 8.32. The topological polar surface area (TPSA) is 3.24 Å². The van der Waals surface area contributed by atoms with Gasteiger partial charge in [0.1, 0.15) is 0 Å². The van der Waals surface area contributed by atoms with Crippen molar-refractivity contribution in [2.24, 2.45) is 17.8 Å². The minimum absolute atomic E-state index is 0.844. The van der Waals surface area contributed by atoms with E-state index in [0.29, 0.717) is 0 Å². The third-order valence-corrected chi connectivity index (χ3v) is 4.81. The number of rotatable bonds is 6. The fourth-order valence-electron chi connectivity index (χ4n) is 3.95. The molecular formula is C17H35N. The summed E-state index contributed by atoms with van der Waals surface area (Å²) in [5.74, 6) is 2.78. The Labute approximate surface area is 115 Å². The van der Waals surface area contributed by atoms with E-state index in [2.05, 4.69) is 39.5 Å². The standard InChI is InChI=1S/C17H35N/c1-6-9-18(10-7-2)17-12-14(4)11-16(8-3)13-15(17)5/h14-17H,6-13H2,1-5H3. The van der Waals surface area contributed by atoms with E-state index in [1.54, 1.807) is 0 Å². The van der Waals surface area contributed by atoms with Crippen LogP contribution >= 0.6 is 0 Å². The minimum Gasteiger partial charge on any atom is -0.300 e. The number of nitrogens with zero attached hydrogens (tertiary/aromatic N) is 1. The van der Waals surface area contributed by atoms with Crippen LogP contribution in [0.2, 0.25) is 0 Å². The molecule has 1 aliphatic rings. The lowest BCUT2D eigenvalue weighted by atomic mass is 9.89. The van der Waals surface area contributed by atoms with E-state index >= 15 is 0 Å². The van der Waals surface area contributed by atoms with Crippen LogP contribution in [-0.2, 0) is 0 Å². The molecule has 1 saturated carbocycles. The largest absolute Gasteiger partial charge is 0.300 e. The molecule has 0 saturated heterocycles. The molecule has 1 rings (SSSR count). The van der Waals surface area contributed by atoms with Crippen molar-refractivity contribution in [1.29, 1.82) is 0 Å². The lowest BCUT2D eigenvalue weighted by Gasteiger charge is -2.35. The molecule has 0 spiro atoms. The fourth-order valence-corrected chi connectivity index (χ4v) is 3.95. The van der Waals surface area contributed by atoms with Gasteiger partial charge in [0.05, 0.1) is 0 Å². The second-order valence-electron chi connectivity index (χ2n) is 6.67. The van der Waals surface area contributed by atoms with Gasteiger partial charge in [0, 0.05) is 6.04 Å². The quantitative estimate of drug-likeness (QED) is 0.605. The van der Waals surface area contributed by atoms with E-state index in [-0.39, 0.29) is 0 Å². The van der Waals surface area contributed by atoms with E-state index in [1.165, 1.54) is 51.6 Å². The number of hydrogen-bond donors (Lipinski definition) is 0. The van der Waals surface area contributed by atoms with Gasteiger partial charge in [0.25, 0.3) is 0 Å². The molecule has 0 bridgehead atoms. The Morgan fingerprint density at radius 1 is 0.889 bits per heavy atom. The summed E-state index contributed by atoms with van der Waals surface area (Å²) in [5.41, 5.74) is 0. The predicted molar refractivity (Wildman–Crippen MR) is 81.9 cm³/mol. The summed E-state index contributed by atoms with van der Waals surface area (Å²) in [5, 5.41) is 0. The zero-order valence-corrected chi connectivity index (χ0v) is 13.4. The van der Waals surface area contributed by atoms with E-state index in [9.17, 15) is 0 Å². The second-order valence-corrected chi connectivity index (χ2v) is 6.67. The van der Waals surface area contributed by atoms with Crippen molar-refractivity contribution in [3.8, 4) is 0 Å². The SMILES string of the molecule is CCCN(CCC)C1CC(C)CC(CC)CC1C. The summed E-state index contributed by atoms with van der Waals surface area (Å²) >= 11 is 0. The summed E-state index contributed by atoms with van der Waals surface area (Å²) in [6, 6.07) is 0.844. The lowest BCUT2D eigenvalue weighted by molar-refractivity contribution is 0.129. The average molecular weight is 253 g/mol. The zero-order valence-electron chi connectivity index (χ0n) is 13.4. The summed E-state index contributed by atoms with van der Waals surface area (Å²) in [4.78, 5) is 2.79. The van der Waals surface area contributed by atoms with Crippen molar-refractivity contribution < 1.29 is 0 Å². The molecule has 1 heteroatoms. The van der Waals surface area contributed by atoms with E-state index in [4.69, 9.17) is 0 Å². The predicted octanol–water partition coefficient (Wildman–Crippen LogP) is 4.96. The Hall–Kier alpha value is -0.0400. The molecule has 108 valence electrons. The maximum atomic E-state index is 2.79. The number of hydrogen-bond acceptors (Lipinski definition) is 1. The van der Waals surface area contributed by atoms with Crippen LogP contribution in [0.1, 0.15) is 73.1 Å². The first-order valence-electron chi connectivity index (χ1n) is 8.36. The van der Waals surface area contributed by atoms with E-state index in [1.807, 2.05) is 0 Å². The molecule has 0 aromatic heterocycles. The van der Waals surface area contributed by atoms with Crippen LogP contribution < -0.4 is 0 Å².